The highest BCUT2D eigenvalue weighted by molar-refractivity contribution is 6.01. The molecule has 1 aromatic heterocycles. The van der Waals surface area contributed by atoms with E-state index in [-0.39, 0.29) is 34.9 Å². The van der Waals surface area contributed by atoms with E-state index >= 15 is 4.39 Å². The van der Waals surface area contributed by atoms with E-state index < -0.39 is 5.82 Å². The van der Waals surface area contributed by atoms with Crippen LogP contribution in [0.4, 0.5) is 27.5 Å². The first-order valence-corrected chi connectivity index (χ1v) is 14.9. The molecule has 2 aliphatic carbocycles. The predicted molar refractivity (Wildman–Crippen MR) is 151 cm³/mol. The summed E-state index contributed by atoms with van der Waals surface area (Å²) in [5.41, 5.74) is 0.775. The maximum absolute atomic E-state index is 15.2. The van der Waals surface area contributed by atoms with Gasteiger partial charge in [0.25, 0.3) is 5.91 Å². The number of carbonyl (C=O) groups is 2. The number of nitrogens with zero attached hydrogens (tertiary/aromatic N) is 4. The van der Waals surface area contributed by atoms with E-state index in [4.69, 9.17) is 4.98 Å². The summed E-state index contributed by atoms with van der Waals surface area (Å²) in [4.78, 5) is 39.8. The molecule has 2 bridgehead atoms. The molecule has 5 aliphatic rings. The molecule has 3 N–H and O–H groups in total. The fourth-order valence-corrected chi connectivity index (χ4v) is 7.40. The zero-order chi connectivity index (χ0) is 27.4. The van der Waals surface area contributed by atoms with Gasteiger partial charge < -0.3 is 25.8 Å². The van der Waals surface area contributed by atoms with E-state index in [1.807, 2.05) is 0 Å². The molecule has 1 aromatic carbocycles. The number of halogens is 1. The van der Waals surface area contributed by atoms with Crippen molar-refractivity contribution in [3.63, 3.8) is 0 Å². The minimum atomic E-state index is -0.538. The Morgan fingerprint density at radius 1 is 1.07 bits per heavy atom. The van der Waals surface area contributed by atoms with Crippen LogP contribution in [0, 0.1) is 11.2 Å². The minimum Gasteiger partial charge on any atom is -0.351 e. The third-order valence-electron chi connectivity index (χ3n) is 10.0. The van der Waals surface area contributed by atoms with E-state index in [2.05, 4.69) is 37.8 Å². The van der Waals surface area contributed by atoms with Crippen LogP contribution in [0.25, 0.3) is 0 Å². The van der Waals surface area contributed by atoms with Crippen LogP contribution in [0.3, 0.4) is 0 Å². The lowest BCUT2D eigenvalue weighted by molar-refractivity contribution is -0.120. The second-order valence-electron chi connectivity index (χ2n) is 12.6. The van der Waals surface area contributed by atoms with Crippen LogP contribution in [-0.2, 0) is 4.79 Å². The maximum atomic E-state index is 15.2. The fourth-order valence-electron chi connectivity index (χ4n) is 7.40. The van der Waals surface area contributed by atoms with Gasteiger partial charge in [-0.1, -0.05) is 19.3 Å². The Hall–Kier alpha value is -3.27. The van der Waals surface area contributed by atoms with Crippen LogP contribution < -0.4 is 20.9 Å². The topological polar surface area (TPSA) is 102 Å². The van der Waals surface area contributed by atoms with Gasteiger partial charge in [0.1, 0.15) is 11.5 Å². The van der Waals surface area contributed by atoms with Gasteiger partial charge >= 0.3 is 0 Å². The van der Waals surface area contributed by atoms with Gasteiger partial charge in [0.2, 0.25) is 11.9 Å². The molecule has 2 saturated carbocycles. The summed E-state index contributed by atoms with van der Waals surface area (Å²) in [6.07, 6.45) is 13.4. The van der Waals surface area contributed by atoms with E-state index in [1.54, 1.807) is 18.3 Å². The van der Waals surface area contributed by atoms with Gasteiger partial charge in [0, 0.05) is 36.3 Å². The zero-order valence-corrected chi connectivity index (χ0v) is 23.1. The number of piperidine rings is 2. The average molecular weight is 548 g/mol. The minimum absolute atomic E-state index is 0.0434. The first-order chi connectivity index (χ1) is 19.4. The Balaban J connectivity index is 1.07. The third kappa shape index (κ3) is 4.70. The lowest BCUT2D eigenvalue weighted by atomic mass is 9.82. The molecule has 4 fully saturated rings. The van der Waals surface area contributed by atoms with Gasteiger partial charge in [-0.2, -0.15) is 4.98 Å². The molecule has 10 heteroatoms. The Labute approximate surface area is 234 Å². The number of aromatic nitrogens is 2. The average Bonchev–Trinajstić information content (AvgIpc) is 3.55. The summed E-state index contributed by atoms with van der Waals surface area (Å²) < 4.78 is 15.2. The number of carbonyl (C=O) groups excluding carboxylic acids is 2. The Kier molecular flexibility index (Phi) is 6.40. The van der Waals surface area contributed by atoms with E-state index in [0.29, 0.717) is 41.7 Å². The number of anilines is 4. The molecule has 4 heterocycles. The third-order valence-corrected chi connectivity index (χ3v) is 10.0. The summed E-state index contributed by atoms with van der Waals surface area (Å²) in [5, 5.41) is 9.20. The first kappa shape index (κ1) is 25.7. The monoisotopic (exact) mass is 547 g/mol. The summed E-state index contributed by atoms with van der Waals surface area (Å²) in [6, 6.07) is 5.96. The van der Waals surface area contributed by atoms with Crippen LogP contribution in [-0.4, -0.2) is 64.4 Å². The fraction of sp³-hybridized carbons (Fsp3) is 0.600. The van der Waals surface area contributed by atoms with Gasteiger partial charge in [-0.25, -0.2) is 9.37 Å². The van der Waals surface area contributed by atoms with Crippen LogP contribution in [0.2, 0.25) is 0 Å². The number of rotatable bonds is 5. The van der Waals surface area contributed by atoms with Gasteiger partial charge in [-0.15, -0.1) is 0 Å². The molecule has 0 radical (unpaired) electrons. The van der Waals surface area contributed by atoms with Crippen molar-refractivity contribution in [2.45, 2.75) is 94.8 Å². The van der Waals surface area contributed by atoms with Gasteiger partial charge in [0.15, 0.2) is 5.82 Å². The molecular weight excluding hydrogens is 509 g/mol. The van der Waals surface area contributed by atoms with Gasteiger partial charge in [0.05, 0.1) is 17.3 Å². The lowest BCUT2D eigenvalue weighted by Gasteiger charge is -2.47. The maximum Gasteiger partial charge on any atom is 0.251 e. The molecule has 7 rings (SSSR count). The standard InChI is InChI=1S/C30H38FN7O2/c1-37-21-7-4-8-22(37)15-19(14-21)33-27(39)18-9-10-24(23(31)13-18)35-29-32-16-25-26(36-29)38(20-5-2-3-6-20)17-30(11-12-30)28(40)34-25/h9-10,13,16,19-22H,2-8,11-12,14-15,17H2,1H3,(H,33,39)(H,34,40)(H,32,35,36)/t19?,21-,22+. The van der Waals surface area contributed by atoms with Crippen molar-refractivity contribution in [2.75, 3.05) is 29.1 Å². The second-order valence-corrected chi connectivity index (χ2v) is 12.6. The summed E-state index contributed by atoms with van der Waals surface area (Å²) >= 11 is 0. The molecule has 2 amide bonds. The van der Waals surface area contributed by atoms with Crippen molar-refractivity contribution in [1.82, 2.24) is 20.2 Å². The molecule has 2 saturated heterocycles. The molecule has 9 nitrogen and oxygen atoms in total. The predicted octanol–water partition coefficient (Wildman–Crippen LogP) is 4.59. The molecule has 212 valence electrons. The van der Waals surface area contributed by atoms with E-state index in [0.717, 1.165) is 38.5 Å². The smallest absolute Gasteiger partial charge is 0.251 e. The number of hydrogen-bond donors (Lipinski definition) is 3. The second kappa shape index (κ2) is 9.98. The summed E-state index contributed by atoms with van der Waals surface area (Å²) in [5.74, 6) is 0.222. The van der Waals surface area contributed by atoms with Gasteiger partial charge in [-0.05, 0) is 76.6 Å². The van der Waals surface area contributed by atoms with E-state index in [1.165, 1.54) is 38.2 Å². The lowest BCUT2D eigenvalue weighted by Crippen LogP contribution is -2.55. The number of fused-ring (bicyclic) bond motifs is 3. The van der Waals surface area contributed by atoms with Crippen molar-refractivity contribution in [1.29, 1.82) is 0 Å². The van der Waals surface area contributed by atoms with Crippen molar-refractivity contribution in [3.8, 4) is 0 Å². The Morgan fingerprint density at radius 3 is 2.50 bits per heavy atom. The number of nitrogens with one attached hydrogen (secondary N) is 3. The number of amides is 2. The molecule has 3 aliphatic heterocycles. The van der Waals surface area contributed by atoms with Crippen LogP contribution >= 0.6 is 0 Å². The van der Waals surface area contributed by atoms with Crippen molar-refractivity contribution in [3.05, 3.63) is 35.8 Å². The van der Waals surface area contributed by atoms with Crippen LogP contribution in [0.1, 0.15) is 81.0 Å². The SMILES string of the molecule is CN1[C@@H]2CCC[C@H]1CC(NC(=O)c1ccc(Nc3ncc4c(n3)N(C3CCCC3)CC3(CC3)C(=O)N4)c(F)c1)C2. The van der Waals surface area contributed by atoms with Crippen molar-refractivity contribution < 1.29 is 14.0 Å². The van der Waals surface area contributed by atoms with E-state index in [9.17, 15) is 9.59 Å². The Bertz CT molecular complexity index is 1310. The van der Waals surface area contributed by atoms with Crippen LogP contribution in [0.5, 0.6) is 0 Å². The summed E-state index contributed by atoms with van der Waals surface area (Å²) in [6.45, 7) is 0.657. The molecule has 1 spiro atoms. The molecule has 2 aromatic rings. The highest BCUT2D eigenvalue weighted by Crippen LogP contribution is 2.51. The molecule has 1 unspecified atom stereocenters. The number of benzene rings is 1. The van der Waals surface area contributed by atoms with Crippen molar-refractivity contribution >= 4 is 35.0 Å². The summed E-state index contributed by atoms with van der Waals surface area (Å²) in [7, 11) is 2.19. The molecule has 3 atom stereocenters. The van der Waals surface area contributed by atoms with Gasteiger partial charge in [-0.3, -0.25) is 9.59 Å². The zero-order valence-electron chi connectivity index (χ0n) is 23.1. The largest absolute Gasteiger partial charge is 0.351 e. The molecular formula is C30H38FN7O2. The Morgan fingerprint density at radius 2 is 1.80 bits per heavy atom. The van der Waals surface area contributed by atoms with Crippen LogP contribution in [0.15, 0.2) is 24.4 Å². The van der Waals surface area contributed by atoms with Crippen molar-refractivity contribution in [2.24, 2.45) is 5.41 Å². The highest BCUT2D eigenvalue weighted by Gasteiger charge is 2.53. The quantitative estimate of drug-likeness (QED) is 0.503. The first-order valence-electron chi connectivity index (χ1n) is 14.9. The molecule has 40 heavy (non-hydrogen) atoms. The number of hydrogen-bond acceptors (Lipinski definition) is 7. The highest BCUT2D eigenvalue weighted by atomic mass is 19.1. The normalized spacial score (nSPS) is 27.6.